The van der Waals surface area contributed by atoms with E-state index in [0.717, 1.165) is 35.1 Å². The zero-order chi connectivity index (χ0) is 24.9. The third-order valence-electron chi connectivity index (χ3n) is 6.43. The number of benzene rings is 2. The number of carbonyl (C=O) groups excluding carboxylic acids is 2. The first-order valence-corrected chi connectivity index (χ1v) is 11.7. The van der Waals surface area contributed by atoms with Crippen molar-refractivity contribution in [1.82, 2.24) is 10.2 Å². The van der Waals surface area contributed by atoms with E-state index in [2.05, 4.69) is 5.32 Å². The van der Waals surface area contributed by atoms with Gasteiger partial charge in [-0.05, 0) is 41.0 Å². The highest BCUT2D eigenvalue weighted by atomic mass is 19.3. The standard InChI is InChI=1S/C26H28F2N2O5/c27-23(28)13-22(25(33)30(12-11-24(31)32)14-16-9-10-16)29-26(34)35-15-21-19-7-3-1-5-17(19)18-6-2-4-8-20(18)21/h1-8,16,21-23H,9-15H2,(H,29,34)(H,31,32). The number of nitrogens with one attached hydrogen (secondary N) is 1. The van der Waals surface area contributed by atoms with E-state index in [1.54, 1.807) is 0 Å². The van der Waals surface area contributed by atoms with Crippen LogP contribution in [-0.2, 0) is 14.3 Å². The van der Waals surface area contributed by atoms with E-state index < -0.39 is 36.9 Å². The van der Waals surface area contributed by atoms with Gasteiger partial charge in [0, 0.05) is 25.4 Å². The molecule has 1 saturated carbocycles. The maximum Gasteiger partial charge on any atom is 0.407 e. The lowest BCUT2D eigenvalue weighted by atomic mass is 9.98. The number of fused-ring (bicyclic) bond motifs is 3. The Morgan fingerprint density at radius 1 is 1.03 bits per heavy atom. The highest BCUT2D eigenvalue weighted by Crippen LogP contribution is 2.44. The van der Waals surface area contributed by atoms with Crippen LogP contribution in [0.15, 0.2) is 48.5 Å². The maximum atomic E-state index is 13.3. The quantitative estimate of drug-likeness (QED) is 0.495. The van der Waals surface area contributed by atoms with Crippen LogP contribution in [0.2, 0.25) is 0 Å². The van der Waals surface area contributed by atoms with Gasteiger partial charge in [0.05, 0.1) is 6.42 Å². The lowest BCUT2D eigenvalue weighted by molar-refractivity contribution is -0.139. The van der Waals surface area contributed by atoms with Crippen molar-refractivity contribution in [2.75, 3.05) is 19.7 Å². The first-order valence-electron chi connectivity index (χ1n) is 11.7. The minimum absolute atomic E-state index is 0.0136. The molecule has 2 aromatic rings. The average Bonchev–Trinajstić information content (AvgIpc) is 3.60. The Hall–Kier alpha value is -3.49. The van der Waals surface area contributed by atoms with Crippen LogP contribution >= 0.6 is 0 Å². The molecular weight excluding hydrogens is 458 g/mol. The summed E-state index contributed by atoms with van der Waals surface area (Å²) < 4.78 is 31.9. The van der Waals surface area contributed by atoms with Gasteiger partial charge in [-0.2, -0.15) is 0 Å². The SMILES string of the molecule is O=C(O)CCN(CC1CC1)C(=O)C(CC(F)F)NC(=O)OCC1c2ccccc2-c2ccccc21. The Morgan fingerprint density at radius 3 is 2.17 bits per heavy atom. The molecule has 0 radical (unpaired) electrons. The number of aliphatic carboxylic acids is 1. The molecule has 0 aliphatic heterocycles. The van der Waals surface area contributed by atoms with Gasteiger partial charge < -0.3 is 20.1 Å². The van der Waals surface area contributed by atoms with Crippen LogP contribution in [0.1, 0.15) is 42.7 Å². The fourth-order valence-corrected chi connectivity index (χ4v) is 4.54. The smallest absolute Gasteiger partial charge is 0.407 e. The summed E-state index contributed by atoms with van der Waals surface area (Å²) in [7, 11) is 0. The minimum atomic E-state index is -2.83. The first-order chi connectivity index (χ1) is 16.8. The number of hydrogen-bond donors (Lipinski definition) is 2. The van der Waals surface area contributed by atoms with Gasteiger partial charge in [0.2, 0.25) is 12.3 Å². The van der Waals surface area contributed by atoms with E-state index >= 15 is 0 Å². The van der Waals surface area contributed by atoms with Gasteiger partial charge in [-0.15, -0.1) is 0 Å². The van der Waals surface area contributed by atoms with Crippen molar-refractivity contribution in [1.29, 1.82) is 0 Å². The molecule has 2 amide bonds. The molecule has 186 valence electrons. The van der Waals surface area contributed by atoms with E-state index in [1.165, 1.54) is 4.90 Å². The summed E-state index contributed by atoms with van der Waals surface area (Å²) in [4.78, 5) is 37.9. The molecule has 2 aliphatic carbocycles. The van der Waals surface area contributed by atoms with Gasteiger partial charge in [0.1, 0.15) is 12.6 Å². The van der Waals surface area contributed by atoms with Crippen molar-refractivity contribution in [2.45, 2.75) is 44.1 Å². The molecule has 0 saturated heterocycles. The van der Waals surface area contributed by atoms with Crippen LogP contribution in [0.4, 0.5) is 13.6 Å². The summed E-state index contributed by atoms with van der Waals surface area (Å²) in [6, 6.07) is 14.1. The van der Waals surface area contributed by atoms with E-state index in [9.17, 15) is 23.2 Å². The summed E-state index contributed by atoms with van der Waals surface area (Å²) in [5.74, 6) is -1.78. The van der Waals surface area contributed by atoms with Gasteiger partial charge in [0.15, 0.2) is 0 Å². The fourth-order valence-electron chi connectivity index (χ4n) is 4.54. The maximum absolute atomic E-state index is 13.3. The minimum Gasteiger partial charge on any atom is -0.481 e. The molecule has 0 bridgehead atoms. The second-order valence-electron chi connectivity index (χ2n) is 9.02. The number of alkyl carbamates (subject to hydrolysis) is 1. The molecule has 35 heavy (non-hydrogen) atoms. The highest BCUT2D eigenvalue weighted by Gasteiger charge is 2.34. The van der Waals surface area contributed by atoms with Crippen molar-refractivity contribution in [3.8, 4) is 11.1 Å². The zero-order valence-electron chi connectivity index (χ0n) is 19.2. The normalized spacial score (nSPS) is 15.3. The lowest BCUT2D eigenvalue weighted by Gasteiger charge is -2.27. The second-order valence-corrected chi connectivity index (χ2v) is 9.02. The molecule has 4 rings (SSSR count). The summed E-state index contributed by atoms with van der Waals surface area (Å²) in [6.07, 6.45) is -3.18. The Balaban J connectivity index is 1.42. The molecule has 0 spiro atoms. The van der Waals surface area contributed by atoms with Crippen molar-refractivity contribution < 1.29 is 33.0 Å². The van der Waals surface area contributed by atoms with Crippen LogP contribution in [0.3, 0.4) is 0 Å². The van der Waals surface area contributed by atoms with Crippen LogP contribution < -0.4 is 5.32 Å². The third-order valence-corrected chi connectivity index (χ3v) is 6.43. The molecular formula is C26H28F2N2O5. The van der Waals surface area contributed by atoms with Crippen molar-refractivity contribution in [2.24, 2.45) is 5.92 Å². The number of carbonyl (C=O) groups is 3. The third kappa shape index (κ3) is 6.15. The Labute approximate surface area is 202 Å². The molecule has 2 aromatic carbocycles. The lowest BCUT2D eigenvalue weighted by Crippen LogP contribution is -2.50. The predicted molar refractivity (Wildman–Crippen MR) is 124 cm³/mol. The molecule has 1 fully saturated rings. The van der Waals surface area contributed by atoms with Crippen LogP contribution in [0.5, 0.6) is 0 Å². The number of ether oxygens (including phenoxy) is 1. The van der Waals surface area contributed by atoms with Crippen molar-refractivity contribution in [3.63, 3.8) is 0 Å². The van der Waals surface area contributed by atoms with Crippen LogP contribution in [0, 0.1) is 5.92 Å². The number of carboxylic acid groups (broad SMARTS) is 1. The molecule has 1 unspecified atom stereocenters. The monoisotopic (exact) mass is 486 g/mol. The molecule has 1 atom stereocenters. The van der Waals surface area contributed by atoms with E-state index in [0.29, 0.717) is 0 Å². The number of alkyl halides is 2. The van der Waals surface area contributed by atoms with Crippen molar-refractivity contribution in [3.05, 3.63) is 59.7 Å². The highest BCUT2D eigenvalue weighted by molar-refractivity contribution is 5.86. The second kappa shape index (κ2) is 10.8. The zero-order valence-corrected chi connectivity index (χ0v) is 19.2. The number of carboxylic acids is 1. The largest absolute Gasteiger partial charge is 0.481 e. The number of hydrogen-bond acceptors (Lipinski definition) is 4. The first kappa shape index (κ1) is 24.6. The van der Waals surface area contributed by atoms with Crippen molar-refractivity contribution >= 4 is 18.0 Å². The summed E-state index contributed by atoms with van der Waals surface area (Å²) in [6.45, 7) is 0.176. The molecule has 0 heterocycles. The van der Waals surface area contributed by atoms with Gasteiger partial charge in [-0.25, -0.2) is 13.6 Å². The van der Waals surface area contributed by atoms with Gasteiger partial charge in [0.25, 0.3) is 0 Å². The van der Waals surface area contributed by atoms with Gasteiger partial charge >= 0.3 is 12.1 Å². The van der Waals surface area contributed by atoms with Gasteiger partial charge in [-0.1, -0.05) is 48.5 Å². The molecule has 9 heteroatoms. The number of nitrogens with zero attached hydrogens (tertiary/aromatic N) is 1. The number of amides is 2. The van der Waals surface area contributed by atoms with Crippen LogP contribution in [0.25, 0.3) is 11.1 Å². The topological polar surface area (TPSA) is 95.9 Å². The number of halogens is 2. The fraction of sp³-hybridized carbons (Fsp3) is 0.423. The van der Waals surface area contributed by atoms with E-state index in [4.69, 9.17) is 9.84 Å². The molecule has 2 aliphatic rings. The van der Waals surface area contributed by atoms with Crippen LogP contribution in [-0.4, -0.2) is 60.1 Å². The molecule has 0 aromatic heterocycles. The Morgan fingerprint density at radius 2 is 1.63 bits per heavy atom. The Kier molecular flexibility index (Phi) is 7.63. The Bertz CT molecular complexity index is 1040. The summed E-state index contributed by atoms with van der Waals surface area (Å²) in [5, 5.41) is 11.3. The summed E-state index contributed by atoms with van der Waals surface area (Å²) in [5.41, 5.74) is 4.12. The van der Waals surface area contributed by atoms with E-state index in [1.807, 2.05) is 48.5 Å². The number of rotatable bonds is 11. The average molecular weight is 487 g/mol. The summed E-state index contributed by atoms with van der Waals surface area (Å²) >= 11 is 0. The van der Waals surface area contributed by atoms with Gasteiger partial charge in [-0.3, -0.25) is 9.59 Å². The molecule has 2 N–H and O–H groups in total. The predicted octanol–water partition coefficient (Wildman–Crippen LogP) is 4.26. The molecule has 7 nitrogen and oxygen atoms in total. The van der Waals surface area contributed by atoms with E-state index in [-0.39, 0.29) is 38.0 Å².